The monoisotopic (exact) mass is 468 g/mol. The Morgan fingerprint density at radius 1 is 1.12 bits per heavy atom. The molecule has 4 aromatic rings. The minimum atomic E-state index is -3.69. The molecule has 0 aliphatic heterocycles. The summed E-state index contributed by atoms with van der Waals surface area (Å²) < 4.78 is 26.6. The summed E-state index contributed by atoms with van der Waals surface area (Å²) in [6.07, 6.45) is 4.02. The van der Waals surface area contributed by atoms with E-state index < -0.39 is 15.9 Å². The highest BCUT2D eigenvalue weighted by Crippen LogP contribution is 2.33. The van der Waals surface area contributed by atoms with Gasteiger partial charge in [0.1, 0.15) is 18.3 Å². The smallest absolute Gasteiger partial charge is 0.284 e. The van der Waals surface area contributed by atoms with Crippen LogP contribution in [0.2, 0.25) is 0 Å². The van der Waals surface area contributed by atoms with E-state index in [-0.39, 0.29) is 5.69 Å². The van der Waals surface area contributed by atoms with E-state index in [9.17, 15) is 13.2 Å². The maximum atomic E-state index is 12.4. The van der Waals surface area contributed by atoms with Crippen LogP contribution < -0.4 is 9.62 Å². The molecule has 0 atom stereocenters. The molecule has 9 nitrogen and oxygen atoms in total. The van der Waals surface area contributed by atoms with Crippen LogP contribution in [0.15, 0.2) is 67.3 Å². The normalized spacial score (nSPS) is 11.3. The largest absolute Gasteiger partial charge is 0.313 e. The van der Waals surface area contributed by atoms with Gasteiger partial charge in [0, 0.05) is 10.6 Å². The molecular weight excluding hydrogens is 448 g/mol. The molecule has 11 heteroatoms. The predicted octanol–water partition coefficient (Wildman–Crippen LogP) is 3.06. The van der Waals surface area contributed by atoms with Gasteiger partial charge in [-0.3, -0.25) is 4.79 Å². The van der Waals surface area contributed by atoms with E-state index in [2.05, 4.69) is 15.1 Å². The molecule has 1 amide bonds. The first-order valence-corrected chi connectivity index (χ1v) is 12.3. The van der Waals surface area contributed by atoms with Crippen molar-refractivity contribution in [3.63, 3.8) is 0 Å². The molecule has 0 saturated carbocycles. The van der Waals surface area contributed by atoms with E-state index in [0.717, 1.165) is 23.2 Å². The average Bonchev–Trinajstić information content (AvgIpc) is 3.42. The van der Waals surface area contributed by atoms with Gasteiger partial charge >= 0.3 is 0 Å². The van der Waals surface area contributed by atoms with Gasteiger partial charge in [-0.15, -0.1) is 11.3 Å². The standard InChI is InChI=1S/C21H20N6O3S2/c1-15-19(20(28)25-32(2,29)30)24-21(31-15)26(12-16-6-4-3-5-7-16)17-8-10-18(11-9-17)27-14-22-13-23-27/h3-11,13-14H,12H2,1-2H3,(H,25,28). The number of carbonyl (C=O) groups excluding carboxylic acids is 1. The van der Waals surface area contributed by atoms with Gasteiger partial charge in [0.05, 0.1) is 18.5 Å². The van der Waals surface area contributed by atoms with Crippen LogP contribution in [-0.2, 0) is 16.6 Å². The second-order valence-electron chi connectivity index (χ2n) is 7.03. The average molecular weight is 469 g/mol. The zero-order valence-corrected chi connectivity index (χ0v) is 19.0. The van der Waals surface area contributed by atoms with Crippen LogP contribution in [0, 0.1) is 6.92 Å². The fraction of sp³-hybridized carbons (Fsp3) is 0.143. The lowest BCUT2D eigenvalue weighted by atomic mass is 10.2. The third kappa shape index (κ3) is 5.01. The number of nitrogens with zero attached hydrogens (tertiary/aromatic N) is 5. The molecule has 32 heavy (non-hydrogen) atoms. The van der Waals surface area contributed by atoms with Gasteiger partial charge in [0.2, 0.25) is 10.0 Å². The van der Waals surface area contributed by atoms with Crippen LogP contribution in [0.5, 0.6) is 0 Å². The van der Waals surface area contributed by atoms with Crippen molar-refractivity contribution < 1.29 is 13.2 Å². The van der Waals surface area contributed by atoms with Gasteiger partial charge in [-0.2, -0.15) is 5.10 Å². The quantitative estimate of drug-likeness (QED) is 0.444. The topological polar surface area (TPSA) is 110 Å². The SMILES string of the molecule is Cc1sc(N(Cc2ccccc2)c2ccc(-n3cncn3)cc2)nc1C(=O)NS(C)(=O)=O. The van der Waals surface area contributed by atoms with Gasteiger partial charge in [-0.05, 0) is 36.8 Å². The van der Waals surface area contributed by atoms with Crippen molar-refractivity contribution in [2.45, 2.75) is 13.5 Å². The summed E-state index contributed by atoms with van der Waals surface area (Å²) in [5.41, 5.74) is 2.87. The van der Waals surface area contributed by atoms with Crippen molar-refractivity contribution in [1.82, 2.24) is 24.5 Å². The molecule has 164 valence electrons. The van der Waals surface area contributed by atoms with Gasteiger partial charge in [0.15, 0.2) is 5.13 Å². The number of nitrogens with one attached hydrogen (secondary N) is 1. The van der Waals surface area contributed by atoms with Gasteiger partial charge < -0.3 is 4.90 Å². The number of hydrogen-bond donors (Lipinski definition) is 1. The number of aromatic nitrogens is 4. The molecule has 2 aromatic carbocycles. The molecule has 0 radical (unpaired) electrons. The number of rotatable bonds is 7. The number of carbonyl (C=O) groups is 1. The van der Waals surface area contributed by atoms with Crippen molar-refractivity contribution in [3.05, 3.63) is 83.4 Å². The van der Waals surface area contributed by atoms with E-state index >= 15 is 0 Å². The highest BCUT2D eigenvalue weighted by molar-refractivity contribution is 7.89. The first-order valence-electron chi connectivity index (χ1n) is 9.56. The van der Waals surface area contributed by atoms with Crippen molar-refractivity contribution in [2.24, 2.45) is 0 Å². The number of amides is 1. The molecule has 4 rings (SSSR count). The molecular formula is C21H20N6O3S2. The fourth-order valence-corrected chi connectivity index (χ4v) is 4.45. The number of sulfonamides is 1. The molecule has 1 N–H and O–H groups in total. The Kier molecular flexibility index (Phi) is 6.01. The zero-order valence-electron chi connectivity index (χ0n) is 17.3. The molecule has 2 aromatic heterocycles. The van der Waals surface area contributed by atoms with Gasteiger partial charge in [-0.25, -0.2) is 27.8 Å². The second-order valence-corrected chi connectivity index (χ2v) is 9.96. The van der Waals surface area contributed by atoms with Crippen LogP contribution in [0.1, 0.15) is 20.9 Å². The summed E-state index contributed by atoms with van der Waals surface area (Å²) in [5.74, 6) is -0.742. The molecule has 0 fully saturated rings. The lowest BCUT2D eigenvalue weighted by molar-refractivity contribution is 0.0977. The maximum absolute atomic E-state index is 12.4. The molecule has 0 spiro atoms. The van der Waals surface area contributed by atoms with E-state index in [1.807, 2.05) is 64.2 Å². The predicted molar refractivity (Wildman–Crippen MR) is 123 cm³/mol. The van der Waals surface area contributed by atoms with Gasteiger partial charge in [0.25, 0.3) is 5.91 Å². The third-order valence-electron chi connectivity index (χ3n) is 4.54. The lowest BCUT2D eigenvalue weighted by Gasteiger charge is -2.22. The zero-order chi connectivity index (χ0) is 22.7. The van der Waals surface area contributed by atoms with E-state index in [1.165, 1.54) is 17.7 Å². The fourth-order valence-electron chi connectivity index (χ4n) is 3.09. The summed E-state index contributed by atoms with van der Waals surface area (Å²) in [6, 6.07) is 17.6. The number of benzene rings is 2. The van der Waals surface area contributed by atoms with Crippen LogP contribution in [0.4, 0.5) is 10.8 Å². The molecule has 2 heterocycles. The van der Waals surface area contributed by atoms with Crippen molar-refractivity contribution >= 4 is 38.1 Å². The Morgan fingerprint density at radius 2 is 1.84 bits per heavy atom. The van der Waals surface area contributed by atoms with Crippen molar-refractivity contribution in [3.8, 4) is 5.69 Å². The number of hydrogen-bond acceptors (Lipinski definition) is 8. The molecule has 0 bridgehead atoms. The lowest BCUT2D eigenvalue weighted by Crippen LogP contribution is -2.30. The van der Waals surface area contributed by atoms with Crippen LogP contribution in [0.3, 0.4) is 0 Å². The van der Waals surface area contributed by atoms with E-state index in [1.54, 1.807) is 17.9 Å². The summed E-state index contributed by atoms with van der Waals surface area (Å²) in [7, 11) is -3.69. The Bertz CT molecular complexity index is 1320. The van der Waals surface area contributed by atoms with E-state index in [4.69, 9.17) is 0 Å². The van der Waals surface area contributed by atoms with E-state index in [0.29, 0.717) is 16.6 Å². The van der Waals surface area contributed by atoms with Gasteiger partial charge in [-0.1, -0.05) is 30.3 Å². The van der Waals surface area contributed by atoms with Crippen molar-refractivity contribution in [1.29, 1.82) is 0 Å². The highest BCUT2D eigenvalue weighted by Gasteiger charge is 2.22. The first kappa shape index (κ1) is 21.7. The third-order valence-corrected chi connectivity index (χ3v) is 6.09. The van der Waals surface area contributed by atoms with Crippen LogP contribution in [0.25, 0.3) is 5.69 Å². The van der Waals surface area contributed by atoms with Crippen LogP contribution >= 0.6 is 11.3 Å². The Morgan fingerprint density at radius 3 is 2.47 bits per heavy atom. The molecule has 0 aliphatic carbocycles. The van der Waals surface area contributed by atoms with Crippen molar-refractivity contribution in [2.75, 3.05) is 11.2 Å². The minimum Gasteiger partial charge on any atom is -0.313 e. The second kappa shape index (κ2) is 8.89. The maximum Gasteiger partial charge on any atom is 0.284 e. The summed E-state index contributed by atoms with van der Waals surface area (Å²) in [5, 5.41) is 4.72. The Balaban J connectivity index is 1.70. The number of thiazole rings is 1. The summed E-state index contributed by atoms with van der Waals surface area (Å²) in [4.78, 5) is 23.5. The summed E-state index contributed by atoms with van der Waals surface area (Å²) >= 11 is 1.32. The number of aryl methyl sites for hydroxylation is 1. The Labute approximate surface area is 189 Å². The first-order chi connectivity index (χ1) is 15.3. The highest BCUT2D eigenvalue weighted by atomic mass is 32.2. The number of anilines is 2. The van der Waals surface area contributed by atoms with Crippen LogP contribution in [-0.4, -0.2) is 40.3 Å². The molecule has 0 unspecified atom stereocenters. The minimum absolute atomic E-state index is 0.0905. The summed E-state index contributed by atoms with van der Waals surface area (Å²) in [6.45, 7) is 2.26. The molecule has 0 saturated heterocycles. The molecule has 0 aliphatic rings. The Hall–Kier alpha value is -3.57.